The van der Waals surface area contributed by atoms with Crippen molar-refractivity contribution in [1.29, 1.82) is 0 Å². The summed E-state index contributed by atoms with van der Waals surface area (Å²) in [6.45, 7) is 0. The van der Waals surface area contributed by atoms with E-state index in [9.17, 15) is 23.1 Å². The van der Waals surface area contributed by atoms with E-state index >= 15 is 0 Å². The number of carboxylic acids is 1. The van der Waals surface area contributed by atoms with Crippen molar-refractivity contribution in [2.75, 3.05) is 0 Å². The molecular formula is C18H12ClF3O3. The molecule has 0 aliphatic carbocycles. The molecule has 1 aliphatic rings. The van der Waals surface area contributed by atoms with E-state index in [0.717, 1.165) is 6.08 Å². The van der Waals surface area contributed by atoms with Crippen LogP contribution in [-0.2, 0) is 11.2 Å². The van der Waals surface area contributed by atoms with E-state index in [0.29, 0.717) is 5.02 Å². The summed E-state index contributed by atoms with van der Waals surface area (Å²) in [7, 11) is 0. The van der Waals surface area contributed by atoms with Gasteiger partial charge >= 0.3 is 12.1 Å². The van der Waals surface area contributed by atoms with Crippen molar-refractivity contribution in [1.82, 2.24) is 0 Å². The monoisotopic (exact) mass is 368 g/mol. The van der Waals surface area contributed by atoms with Gasteiger partial charge in [-0.05, 0) is 29.8 Å². The number of hydrogen-bond acceptors (Lipinski definition) is 2. The molecule has 3 nitrogen and oxygen atoms in total. The Balaban J connectivity index is 2.17. The molecule has 2 aromatic carbocycles. The topological polar surface area (TPSA) is 46.5 Å². The van der Waals surface area contributed by atoms with Crippen molar-refractivity contribution >= 4 is 23.6 Å². The van der Waals surface area contributed by atoms with Gasteiger partial charge in [-0.2, -0.15) is 13.2 Å². The first-order valence-corrected chi connectivity index (χ1v) is 7.65. The molecule has 25 heavy (non-hydrogen) atoms. The molecule has 0 radical (unpaired) electrons. The molecule has 0 saturated carbocycles. The maximum absolute atomic E-state index is 14.0. The van der Waals surface area contributed by atoms with Gasteiger partial charge in [-0.15, -0.1) is 0 Å². The van der Waals surface area contributed by atoms with Crippen molar-refractivity contribution in [3.63, 3.8) is 0 Å². The second-order valence-electron chi connectivity index (χ2n) is 5.63. The Hall–Kier alpha value is -2.47. The Kier molecular flexibility index (Phi) is 4.24. The third kappa shape index (κ3) is 3.09. The van der Waals surface area contributed by atoms with Gasteiger partial charge in [-0.25, -0.2) is 4.79 Å². The smallest absolute Gasteiger partial charge is 0.433 e. The quantitative estimate of drug-likeness (QED) is 0.850. The Morgan fingerprint density at radius 1 is 1.12 bits per heavy atom. The molecule has 7 heteroatoms. The minimum atomic E-state index is -4.94. The molecule has 3 rings (SSSR count). The number of rotatable bonds is 3. The van der Waals surface area contributed by atoms with Gasteiger partial charge in [0.1, 0.15) is 5.75 Å². The van der Waals surface area contributed by atoms with Gasteiger partial charge in [0.15, 0.2) is 0 Å². The molecule has 0 fully saturated rings. The molecule has 0 spiro atoms. The lowest BCUT2D eigenvalue weighted by molar-refractivity contribution is -0.235. The number of carboxylic acid groups (broad SMARTS) is 1. The summed E-state index contributed by atoms with van der Waals surface area (Å²) in [5.41, 5.74) is -3.29. The van der Waals surface area contributed by atoms with Crippen LogP contribution < -0.4 is 4.74 Å². The molecule has 1 heterocycles. The number of carbonyl (C=O) groups is 1. The number of ether oxygens (including phenoxy) is 1. The molecule has 130 valence electrons. The highest BCUT2D eigenvalue weighted by Gasteiger charge is 2.62. The predicted octanol–water partition coefficient (Wildman–Crippen LogP) is 4.74. The SMILES string of the molecule is O=C(O)C1=Cc2ccccc2OC1(Cc1ccc(Cl)cc1)C(F)(F)F. The average molecular weight is 369 g/mol. The van der Waals surface area contributed by atoms with Crippen LogP contribution in [0.25, 0.3) is 6.08 Å². The van der Waals surface area contributed by atoms with E-state index in [-0.39, 0.29) is 16.9 Å². The highest BCUT2D eigenvalue weighted by Crippen LogP contribution is 2.47. The summed E-state index contributed by atoms with van der Waals surface area (Å²) in [5, 5.41) is 9.78. The first-order chi connectivity index (χ1) is 11.7. The fourth-order valence-electron chi connectivity index (χ4n) is 2.77. The van der Waals surface area contributed by atoms with Crippen molar-refractivity contribution in [2.45, 2.75) is 18.2 Å². The van der Waals surface area contributed by atoms with Crippen LogP contribution in [0.2, 0.25) is 5.02 Å². The van der Waals surface area contributed by atoms with Gasteiger partial charge in [0, 0.05) is 17.0 Å². The molecule has 1 N–H and O–H groups in total. The third-order valence-corrected chi connectivity index (χ3v) is 4.24. The molecule has 0 aromatic heterocycles. The molecule has 0 amide bonds. The second-order valence-corrected chi connectivity index (χ2v) is 6.07. The van der Waals surface area contributed by atoms with Crippen LogP contribution in [0, 0.1) is 0 Å². The van der Waals surface area contributed by atoms with Crippen LogP contribution in [0.3, 0.4) is 0 Å². The summed E-state index contributed by atoms with van der Waals surface area (Å²) < 4.78 is 47.3. The Labute approximate surface area is 146 Å². The standard InChI is InChI=1S/C18H12ClF3O3/c19-13-7-5-11(6-8-13)10-17(18(20,21)22)14(16(23)24)9-12-3-1-2-4-15(12)25-17/h1-9H,10H2,(H,23,24). The Morgan fingerprint density at radius 3 is 2.36 bits per heavy atom. The largest absolute Gasteiger partial charge is 0.478 e. The van der Waals surface area contributed by atoms with Crippen LogP contribution in [0.1, 0.15) is 11.1 Å². The number of benzene rings is 2. The number of aliphatic carboxylic acids is 1. The number of alkyl halides is 3. The fourth-order valence-corrected chi connectivity index (χ4v) is 2.90. The van der Waals surface area contributed by atoms with Crippen LogP contribution in [0.4, 0.5) is 13.2 Å². The first-order valence-electron chi connectivity index (χ1n) is 7.28. The summed E-state index contributed by atoms with van der Waals surface area (Å²) in [6.07, 6.45) is -4.60. The van der Waals surface area contributed by atoms with Gasteiger partial charge in [-0.1, -0.05) is 41.9 Å². The van der Waals surface area contributed by atoms with Crippen LogP contribution in [-0.4, -0.2) is 22.9 Å². The highest BCUT2D eigenvalue weighted by molar-refractivity contribution is 6.30. The number of fused-ring (bicyclic) bond motifs is 1. The second kappa shape index (κ2) is 6.11. The normalized spacial score (nSPS) is 19.6. The van der Waals surface area contributed by atoms with Gasteiger partial charge in [0.25, 0.3) is 0 Å². The number of halogens is 4. The summed E-state index contributed by atoms with van der Waals surface area (Å²) in [6, 6.07) is 11.7. The molecule has 1 unspecified atom stereocenters. The van der Waals surface area contributed by atoms with Crippen molar-refractivity contribution < 1.29 is 27.8 Å². The Morgan fingerprint density at radius 2 is 1.76 bits per heavy atom. The van der Waals surface area contributed by atoms with E-state index in [2.05, 4.69) is 0 Å². The lowest BCUT2D eigenvalue weighted by Crippen LogP contribution is -2.56. The van der Waals surface area contributed by atoms with E-state index in [4.69, 9.17) is 16.3 Å². The zero-order valence-corrected chi connectivity index (χ0v) is 13.4. The molecule has 0 saturated heterocycles. The van der Waals surface area contributed by atoms with Gasteiger partial charge < -0.3 is 9.84 Å². The van der Waals surface area contributed by atoms with Gasteiger partial charge in [0.2, 0.25) is 5.60 Å². The summed E-state index contributed by atoms with van der Waals surface area (Å²) >= 11 is 5.77. The number of hydrogen-bond donors (Lipinski definition) is 1. The maximum Gasteiger partial charge on any atom is 0.433 e. The van der Waals surface area contributed by atoms with E-state index in [1.165, 1.54) is 42.5 Å². The van der Waals surface area contributed by atoms with Crippen molar-refractivity contribution in [3.05, 3.63) is 70.3 Å². The maximum atomic E-state index is 14.0. The van der Waals surface area contributed by atoms with Crippen molar-refractivity contribution in [2.24, 2.45) is 0 Å². The Bertz CT molecular complexity index is 843. The fraction of sp³-hybridized carbons (Fsp3) is 0.167. The molecule has 2 aromatic rings. The minimum Gasteiger partial charge on any atom is -0.478 e. The predicted molar refractivity (Wildman–Crippen MR) is 86.6 cm³/mol. The van der Waals surface area contributed by atoms with E-state index < -0.39 is 29.7 Å². The van der Waals surface area contributed by atoms with Gasteiger partial charge in [-0.3, -0.25) is 0 Å². The van der Waals surface area contributed by atoms with Gasteiger partial charge in [0.05, 0.1) is 5.57 Å². The van der Waals surface area contributed by atoms with E-state index in [1.54, 1.807) is 6.07 Å². The van der Waals surface area contributed by atoms with Crippen LogP contribution in [0.5, 0.6) is 5.75 Å². The first kappa shape index (κ1) is 17.4. The summed E-state index contributed by atoms with van der Waals surface area (Å²) in [4.78, 5) is 11.6. The van der Waals surface area contributed by atoms with Crippen LogP contribution >= 0.6 is 11.6 Å². The highest BCUT2D eigenvalue weighted by atomic mass is 35.5. The van der Waals surface area contributed by atoms with Crippen molar-refractivity contribution in [3.8, 4) is 5.75 Å². The minimum absolute atomic E-state index is 0.0150. The zero-order valence-electron chi connectivity index (χ0n) is 12.7. The number of para-hydroxylation sites is 1. The van der Waals surface area contributed by atoms with Crippen LogP contribution in [0.15, 0.2) is 54.1 Å². The van der Waals surface area contributed by atoms with E-state index in [1.807, 2.05) is 0 Å². The zero-order chi connectivity index (χ0) is 18.2. The molecular weight excluding hydrogens is 357 g/mol. The third-order valence-electron chi connectivity index (χ3n) is 3.99. The molecule has 1 aliphatic heterocycles. The average Bonchev–Trinajstić information content (AvgIpc) is 2.55. The molecule has 1 atom stereocenters. The lowest BCUT2D eigenvalue weighted by atomic mass is 9.82. The molecule has 0 bridgehead atoms. The lowest BCUT2D eigenvalue weighted by Gasteiger charge is -2.39. The summed E-state index contributed by atoms with van der Waals surface area (Å²) in [5.74, 6) is -1.69.